The second kappa shape index (κ2) is 4.76. The molecular weight excluding hydrogens is 240 g/mol. The van der Waals surface area contributed by atoms with Crippen molar-refractivity contribution >= 4 is 11.6 Å². The number of carbonyl (C=O) groups excluding carboxylic acids is 1. The zero-order chi connectivity index (χ0) is 13.2. The molecule has 2 heterocycles. The standard InChI is InChI=1S/C14H16N4O/c1-18-9-10(7-17-18)6-16-14(19)12-8-15-13-5-3-2-4-11(12)13/h2-5,7,9,12,15H,6,8H2,1H3,(H,16,19). The van der Waals surface area contributed by atoms with E-state index in [2.05, 4.69) is 15.7 Å². The van der Waals surface area contributed by atoms with Crippen molar-refractivity contribution in [1.82, 2.24) is 15.1 Å². The number of carbonyl (C=O) groups is 1. The first-order valence-corrected chi connectivity index (χ1v) is 6.32. The van der Waals surface area contributed by atoms with Crippen LogP contribution in [-0.4, -0.2) is 22.2 Å². The second-order valence-corrected chi connectivity index (χ2v) is 4.76. The van der Waals surface area contributed by atoms with Crippen molar-refractivity contribution in [2.75, 3.05) is 11.9 Å². The molecule has 1 aromatic carbocycles. The van der Waals surface area contributed by atoms with Gasteiger partial charge in [-0.1, -0.05) is 18.2 Å². The number of aryl methyl sites for hydroxylation is 1. The minimum Gasteiger partial charge on any atom is -0.384 e. The van der Waals surface area contributed by atoms with Crippen molar-refractivity contribution in [1.29, 1.82) is 0 Å². The number of amides is 1. The van der Waals surface area contributed by atoms with Gasteiger partial charge in [0.05, 0.1) is 12.1 Å². The van der Waals surface area contributed by atoms with Gasteiger partial charge in [-0.3, -0.25) is 9.48 Å². The van der Waals surface area contributed by atoms with Gasteiger partial charge in [0.2, 0.25) is 5.91 Å². The first-order chi connectivity index (χ1) is 9.24. The zero-order valence-corrected chi connectivity index (χ0v) is 10.8. The number of nitrogens with zero attached hydrogens (tertiary/aromatic N) is 2. The number of para-hydroxylation sites is 1. The van der Waals surface area contributed by atoms with Crippen molar-refractivity contribution < 1.29 is 4.79 Å². The van der Waals surface area contributed by atoms with E-state index in [1.165, 1.54) is 0 Å². The summed E-state index contributed by atoms with van der Waals surface area (Å²) in [5.74, 6) is -0.0471. The van der Waals surface area contributed by atoms with E-state index < -0.39 is 0 Å². The van der Waals surface area contributed by atoms with Gasteiger partial charge < -0.3 is 10.6 Å². The molecule has 1 aliphatic rings. The van der Waals surface area contributed by atoms with Crippen molar-refractivity contribution in [3.63, 3.8) is 0 Å². The SMILES string of the molecule is Cn1cc(CNC(=O)C2CNc3ccccc32)cn1. The van der Waals surface area contributed by atoms with Crippen LogP contribution in [-0.2, 0) is 18.4 Å². The molecule has 0 spiro atoms. The predicted octanol–water partition coefficient (Wildman–Crippen LogP) is 1.25. The molecule has 1 atom stereocenters. The molecule has 3 rings (SSSR count). The van der Waals surface area contributed by atoms with E-state index in [4.69, 9.17) is 0 Å². The molecular formula is C14H16N4O. The van der Waals surface area contributed by atoms with Crippen LogP contribution in [0.4, 0.5) is 5.69 Å². The molecule has 0 aliphatic carbocycles. The lowest BCUT2D eigenvalue weighted by Crippen LogP contribution is -2.29. The molecule has 2 N–H and O–H groups in total. The summed E-state index contributed by atoms with van der Waals surface area (Å²) in [5, 5.41) is 10.3. The fourth-order valence-electron chi connectivity index (χ4n) is 2.39. The first-order valence-electron chi connectivity index (χ1n) is 6.32. The third-order valence-corrected chi connectivity index (χ3v) is 3.37. The Labute approximate surface area is 111 Å². The second-order valence-electron chi connectivity index (χ2n) is 4.76. The number of rotatable bonds is 3. The fraction of sp³-hybridized carbons (Fsp3) is 0.286. The van der Waals surface area contributed by atoms with Crippen LogP contribution in [0, 0.1) is 0 Å². The molecule has 1 amide bonds. The van der Waals surface area contributed by atoms with E-state index in [0.717, 1.165) is 16.8 Å². The summed E-state index contributed by atoms with van der Waals surface area (Å²) >= 11 is 0. The maximum atomic E-state index is 12.2. The summed E-state index contributed by atoms with van der Waals surface area (Å²) < 4.78 is 1.73. The van der Waals surface area contributed by atoms with Crippen LogP contribution in [0.5, 0.6) is 0 Å². The number of benzene rings is 1. The number of nitrogens with one attached hydrogen (secondary N) is 2. The van der Waals surface area contributed by atoms with Gasteiger partial charge >= 0.3 is 0 Å². The molecule has 2 aromatic rings. The van der Waals surface area contributed by atoms with Gasteiger partial charge in [-0.05, 0) is 11.6 Å². The largest absolute Gasteiger partial charge is 0.384 e. The quantitative estimate of drug-likeness (QED) is 0.868. The fourth-order valence-corrected chi connectivity index (χ4v) is 2.39. The van der Waals surface area contributed by atoms with Gasteiger partial charge in [0.1, 0.15) is 0 Å². The molecule has 5 nitrogen and oxygen atoms in total. The van der Waals surface area contributed by atoms with E-state index >= 15 is 0 Å². The molecule has 0 fully saturated rings. The number of anilines is 1. The van der Waals surface area contributed by atoms with E-state index in [1.54, 1.807) is 10.9 Å². The van der Waals surface area contributed by atoms with Gasteiger partial charge in [-0.2, -0.15) is 5.10 Å². The van der Waals surface area contributed by atoms with Crippen molar-refractivity contribution in [2.24, 2.45) is 7.05 Å². The number of aromatic nitrogens is 2. The maximum Gasteiger partial charge on any atom is 0.229 e. The predicted molar refractivity (Wildman–Crippen MR) is 72.7 cm³/mol. The molecule has 0 saturated heterocycles. The zero-order valence-electron chi connectivity index (χ0n) is 10.8. The third kappa shape index (κ3) is 2.31. The van der Waals surface area contributed by atoms with Gasteiger partial charge in [0.25, 0.3) is 0 Å². The van der Waals surface area contributed by atoms with E-state index in [9.17, 15) is 4.79 Å². The normalized spacial score (nSPS) is 16.8. The summed E-state index contributed by atoms with van der Waals surface area (Å²) in [5.41, 5.74) is 3.14. The molecule has 0 bridgehead atoms. The van der Waals surface area contributed by atoms with Crippen molar-refractivity contribution in [2.45, 2.75) is 12.5 Å². The van der Waals surface area contributed by atoms with Crippen molar-refractivity contribution in [3.8, 4) is 0 Å². The van der Waals surface area contributed by atoms with Crippen LogP contribution in [0.25, 0.3) is 0 Å². The molecule has 1 aliphatic heterocycles. The van der Waals surface area contributed by atoms with Gasteiger partial charge in [-0.25, -0.2) is 0 Å². The smallest absolute Gasteiger partial charge is 0.229 e. The van der Waals surface area contributed by atoms with Crippen LogP contribution in [0.3, 0.4) is 0 Å². The summed E-state index contributed by atoms with van der Waals surface area (Å²) in [6.45, 7) is 1.18. The Morgan fingerprint density at radius 1 is 1.53 bits per heavy atom. The van der Waals surface area contributed by atoms with Crippen molar-refractivity contribution in [3.05, 3.63) is 47.8 Å². The monoisotopic (exact) mass is 256 g/mol. The highest BCUT2D eigenvalue weighted by Gasteiger charge is 2.27. The Morgan fingerprint density at radius 2 is 2.37 bits per heavy atom. The van der Waals surface area contributed by atoms with E-state index in [0.29, 0.717) is 13.1 Å². The minimum absolute atomic E-state index is 0.0568. The average molecular weight is 256 g/mol. The Kier molecular flexibility index (Phi) is 2.95. The molecule has 0 radical (unpaired) electrons. The molecule has 1 aromatic heterocycles. The lowest BCUT2D eigenvalue weighted by atomic mass is 10.0. The van der Waals surface area contributed by atoms with Crippen LogP contribution in [0.1, 0.15) is 17.0 Å². The molecule has 1 unspecified atom stereocenters. The molecule has 98 valence electrons. The lowest BCUT2D eigenvalue weighted by molar-refractivity contribution is -0.122. The minimum atomic E-state index is -0.104. The van der Waals surface area contributed by atoms with E-state index in [1.807, 2.05) is 37.5 Å². The Morgan fingerprint density at radius 3 is 3.16 bits per heavy atom. The third-order valence-electron chi connectivity index (χ3n) is 3.37. The summed E-state index contributed by atoms with van der Waals surface area (Å²) in [6.07, 6.45) is 3.67. The topological polar surface area (TPSA) is 59.0 Å². The van der Waals surface area contributed by atoms with Gasteiger partial charge in [0, 0.05) is 37.6 Å². The highest BCUT2D eigenvalue weighted by Crippen LogP contribution is 2.30. The van der Waals surface area contributed by atoms with Crippen LogP contribution in [0.2, 0.25) is 0 Å². The van der Waals surface area contributed by atoms with E-state index in [-0.39, 0.29) is 11.8 Å². The summed E-state index contributed by atoms with van der Waals surface area (Å²) in [6, 6.07) is 7.95. The Bertz CT molecular complexity index is 605. The summed E-state index contributed by atoms with van der Waals surface area (Å²) in [4.78, 5) is 12.2. The Hall–Kier alpha value is -2.30. The maximum absolute atomic E-state index is 12.2. The van der Waals surface area contributed by atoms with Gasteiger partial charge in [0.15, 0.2) is 0 Å². The lowest BCUT2D eigenvalue weighted by Gasteiger charge is -2.10. The molecule has 0 saturated carbocycles. The highest BCUT2D eigenvalue weighted by molar-refractivity contribution is 5.88. The number of hydrogen-bond donors (Lipinski definition) is 2. The van der Waals surface area contributed by atoms with Crippen LogP contribution >= 0.6 is 0 Å². The molecule has 5 heteroatoms. The highest BCUT2D eigenvalue weighted by atomic mass is 16.1. The first kappa shape index (κ1) is 11.8. The van der Waals surface area contributed by atoms with Crippen LogP contribution < -0.4 is 10.6 Å². The summed E-state index contributed by atoms with van der Waals surface area (Å²) in [7, 11) is 1.86. The molecule has 19 heavy (non-hydrogen) atoms. The number of hydrogen-bond acceptors (Lipinski definition) is 3. The van der Waals surface area contributed by atoms with Crippen LogP contribution in [0.15, 0.2) is 36.7 Å². The number of fused-ring (bicyclic) bond motifs is 1. The Balaban J connectivity index is 1.66. The van der Waals surface area contributed by atoms with Gasteiger partial charge in [-0.15, -0.1) is 0 Å². The average Bonchev–Trinajstić information content (AvgIpc) is 3.02.